The standard InChI is InChI=1S/C17H33N3O/c1-12(16(2,3)4)20(5)14-7-6-10-17(11-14,15(18)21)19-13-8-9-13/h12-14,19H,6-11H2,1-5H3,(H2,18,21). The first kappa shape index (κ1) is 16.8. The number of amides is 1. The zero-order valence-corrected chi connectivity index (χ0v) is 14.4. The highest BCUT2D eigenvalue weighted by molar-refractivity contribution is 5.85. The number of carbonyl (C=O) groups excluding carboxylic acids is 1. The van der Waals surface area contributed by atoms with Crippen molar-refractivity contribution in [1.82, 2.24) is 10.2 Å². The molecule has 2 saturated carbocycles. The molecule has 3 unspecified atom stereocenters. The summed E-state index contributed by atoms with van der Waals surface area (Å²) < 4.78 is 0. The van der Waals surface area contributed by atoms with Crippen LogP contribution in [0.2, 0.25) is 0 Å². The minimum atomic E-state index is -0.476. The van der Waals surface area contributed by atoms with Crippen molar-refractivity contribution in [3.05, 3.63) is 0 Å². The maximum atomic E-state index is 12.1. The summed E-state index contributed by atoms with van der Waals surface area (Å²) >= 11 is 0. The maximum Gasteiger partial charge on any atom is 0.237 e. The summed E-state index contributed by atoms with van der Waals surface area (Å²) in [4.78, 5) is 14.6. The molecule has 1 amide bonds. The zero-order chi connectivity index (χ0) is 15.8. The number of nitrogens with one attached hydrogen (secondary N) is 1. The van der Waals surface area contributed by atoms with Gasteiger partial charge in [0, 0.05) is 18.1 Å². The highest BCUT2D eigenvalue weighted by Crippen LogP contribution is 2.36. The fraction of sp³-hybridized carbons (Fsp3) is 0.941. The van der Waals surface area contributed by atoms with Crippen molar-refractivity contribution >= 4 is 5.91 Å². The molecule has 122 valence electrons. The van der Waals surface area contributed by atoms with Gasteiger partial charge >= 0.3 is 0 Å². The Morgan fingerprint density at radius 2 is 1.95 bits per heavy atom. The number of nitrogens with zero attached hydrogens (tertiary/aromatic N) is 1. The first-order chi connectivity index (χ1) is 9.66. The summed E-state index contributed by atoms with van der Waals surface area (Å²) in [5.74, 6) is -0.157. The largest absolute Gasteiger partial charge is 0.368 e. The van der Waals surface area contributed by atoms with Crippen LogP contribution in [-0.2, 0) is 4.79 Å². The van der Waals surface area contributed by atoms with Crippen molar-refractivity contribution in [2.45, 2.75) is 89.9 Å². The zero-order valence-electron chi connectivity index (χ0n) is 14.4. The van der Waals surface area contributed by atoms with E-state index < -0.39 is 5.54 Å². The molecule has 0 heterocycles. The van der Waals surface area contributed by atoms with E-state index in [2.05, 4.69) is 45.0 Å². The fourth-order valence-corrected chi connectivity index (χ4v) is 3.57. The first-order valence-electron chi connectivity index (χ1n) is 8.45. The third-order valence-corrected chi connectivity index (χ3v) is 5.69. The molecule has 0 saturated heterocycles. The van der Waals surface area contributed by atoms with Crippen LogP contribution in [0, 0.1) is 5.41 Å². The molecule has 4 nitrogen and oxygen atoms in total. The Bertz CT molecular complexity index is 386. The maximum absolute atomic E-state index is 12.1. The molecule has 0 bridgehead atoms. The Morgan fingerprint density at radius 1 is 1.33 bits per heavy atom. The number of rotatable bonds is 5. The number of primary amides is 1. The average molecular weight is 295 g/mol. The molecule has 4 heteroatoms. The van der Waals surface area contributed by atoms with E-state index in [0.29, 0.717) is 18.1 Å². The SMILES string of the molecule is CC(N(C)C1CCCC(NC2CC2)(C(N)=O)C1)C(C)(C)C. The molecule has 0 aromatic heterocycles. The summed E-state index contributed by atoms with van der Waals surface area (Å²) in [5.41, 5.74) is 5.55. The van der Waals surface area contributed by atoms with E-state index in [1.165, 1.54) is 12.8 Å². The van der Waals surface area contributed by atoms with Gasteiger partial charge in [0.15, 0.2) is 0 Å². The smallest absolute Gasteiger partial charge is 0.237 e. The first-order valence-corrected chi connectivity index (χ1v) is 8.45. The molecule has 0 aromatic rings. The lowest BCUT2D eigenvalue weighted by Gasteiger charge is -2.46. The van der Waals surface area contributed by atoms with Gasteiger partial charge in [0.2, 0.25) is 5.91 Å². The van der Waals surface area contributed by atoms with Crippen molar-refractivity contribution < 1.29 is 4.79 Å². The third-order valence-electron chi connectivity index (χ3n) is 5.69. The predicted molar refractivity (Wildman–Crippen MR) is 87.0 cm³/mol. The van der Waals surface area contributed by atoms with Gasteiger partial charge in [0.25, 0.3) is 0 Å². The van der Waals surface area contributed by atoms with Crippen molar-refractivity contribution in [2.24, 2.45) is 11.1 Å². The fourth-order valence-electron chi connectivity index (χ4n) is 3.57. The van der Waals surface area contributed by atoms with E-state index >= 15 is 0 Å². The second kappa shape index (κ2) is 5.88. The van der Waals surface area contributed by atoms with E-state index in [1.54, 1.807) is 0 Å². The van der Waals surface area contributed by atoms with E-state index in [-0.39, 0.29) is 11.3 Å². The molecule has 0 radical (unpaired) electrons. The number of carbonyl (C=O) groups is 1. The van der Waals surface area contributed by atoms with Gasteiger partial charge < -0.3 is 16.0 Å². The van der Waals surface area contributed by atoms with E-state index in [1.807, 2.05) is 0 Å². The lowest BCUT2D eigenvalue weighted by atomic mass is 9.76. The van der Waals surface area contributed by atoms with Gasteiger partial charge in [-0.3, -0.25) is 4.79 Å². The van der Waals surface area contributed by atoms with Crippen molar-refractivity contribution in [1.29, 1.82) is 0 Å². The third kappa shape index (κ3) is 3.78. The summed E-state index contributed by atoms with van der Waals surface area (Å²) in [5, 5.41) is 3.57. The normalized spacial score (nSPS) is 32.2. The van der Waals surface area contributed by atoms with Crippen LogP contribution in [0.5, 0.6) is 0 Å². The van der Waals surface area contributed by atoms with E-state index in [0.717, 1.165) is 25.7 Å². The van der Waals surface area contributed by atoms with Gasteiger partial charge in [0.1, 0.15) is 0 Å². The van der Waals surface area contributed by atoms with Crippen LogP contribution < -0.4 is 11.1 Å². The predicted octanol–water partition coefficient (Wildman–Crippen LogP) is 2.27. The molecule has 0 aromatic carbocycles. The van der Waals surface area contributed by atoms with E-state index in [4.69, 9.17) is 5.73 Å². The average Bonchev–Trinajstić information content (AvgIpc) is 3.19. The summed E-state index contributed by atoms with van der Waals surface area (Å²) in [6.07, 6.45) is 6.37. The molecule has 3 N–H and O–H groups in total. The molecule has 0 aliphatic heterocycles. The highest BCUT2D eigenvalue weighted by Gasteiger charge is 2.46. The quantitative estimate of drug-likeness (QED) is 0.818. The second-order valence-corrected chi connectivity index (χ2v) is 8.32. The Morgan fingerprint density at radius 3 is 2.43 bits per heavy atom. The van der Waals surface area contributed by atoms with Crippen LogP contribution in [-0.4, -0.2) is 41.5 Å². The second-order valence-electron chi connectivity index (χ2n) is 8.32. The topological polar surface area (TPSA) is 58.4 Å². The summed E-state index contributed by atoms with van der Waals surface area (Å²) in [6.45, 7) is 9.12. The van der Waals surface area contributed by atoms with Gasteiger partial charge in [0.05, 0.1) is 5.54 Å². The minimum Gasteiger partial charge on any atom is -0.368 e. The van der Waals surface area contributed by atoms with Crippen LogP contribution in [0.25, 0.3) is 0 Å². The minimum absolute atomic E-state index is 0.157. The van der Waals surface area contributed by atoms with Crippen molar-refractivity contribution in [3.63, 3.8) is 0 Å². The molecule has 0 spiro atoms. The Labute approximate surface area is 129 Å². The Kier molecular flexibility index (Phi) is 4.69. The van der Waals surface area contributed by atoms with Crippen molar-refractivity contribution in [3.8, 4) is 0 Å². The summed E-state index contributed by atoms with van der Waals surface area (Å²) in [6, 6.07) is 1.43. The van der Waals surface area contributed by atoms with Crippen LogP contribution in [0.15, 0.2) is 0 Å². The molecule has 2 aliphatic carbocycles. The Hall–Kier alpha value is -0.610. The molecule has 2 aliphatic rings. The van der Waals surface area contributed by atoms with Gasteiger partial charge in [-0.25, -0.2) is 0 Å². The molecule has 21 heavy (non-hydrogen) atoms. The molecule has 2 fully saturated rings. The molecular formula is C17H33N3O. The van der Waals surface area contributed by atoms with Gasteiger partial charge in [-0.2, -0.15) is 0 Å². The van der Waals surface area contributed by atoms with Crippen LogP contribution in [0.4, 0.5) is 0 Å². The number of hydrogen-bond acceptors (Lipinski definition) is 3. The van der Waals surface area contributed by atoms with Gasteiger partial charge in [-0.15, -0.1) is 0 Å². The van der Waals surface area contributed by atoms with Gasteiger partial charge in [-0.05, 0) is 57.9 Å². The molecular weight excluding hydrogens is 262 g/mol. The molecule has 2 rings (SSSR count). The van der Waals surface area contributed by atoms with Crippen LogP contribution in [0.3, 0.4) is 0 Å². The van der Waals surface area contributed by atoms with Crippen LogP contribution in [0.1, 0.15) is 66.2 Å². The highest BCUT2D eigenvalue weighted by atomic mass is 16.1. The van der Waals surface area contributed by atoms with Gasteiger partial charge in [-0.1, -0.05) is 20.8 Å². The lowest BCUT2D eigenvalue weighted by Crippen LogP contribution is -2.62. The number of hydrogen-bond donors (Lipinski definition) is 2. The summed E-state index contributed by atoms with van der Waals surface area (Å²) in [7, 11) is 2.20. The molecule has 3 atom stereocenters. The van der Waals surface area contributed by atoms with E-state index in [9.17, 15) is 4.79 Å². The number of nitrogens with two attached hydrogens (primary N) is 1. The van der Waals surface area contributed by atoms with Crippen LogP contribution >= 0.6 is 0 Å². The Balaban J connectivity index is 2.09. The lowest BCUT2D eigenvalue weighted by molar-refractivity contribution is -0.127. The monoisotopic (exact) mass is 295 g/mol. The van der Waals surface area contributed by atoms with Crippen molar-refractivity contribution in [2.75, 3.05) is 7.05 Å².